The number of nitrogens with zero attached hydrogens (tertiary/aromatic N) is 5. The lowest BCUT2D eigenvalue weighted by atomic mass is 10.2. The Labute approximate surface area is 175 Å². The second-order valence-corrected chi connectivity index (χ2v) is 6.42. The van der Waals surface area contributed by atoms with Crippen molar-refractivity contribution < 1.29 is 26.8 Å². The van der Waals surface area contributed by atoms with Crippen molar-refractivity contribution >= 4 is 11.6 Å². The van der Waals surface area contributed by atoms with Crippen LogP contribution in [0.5, 0.6) is 0 Å². The molecule has 9 nitrogen and oxygen atoms in total. The summed E-state index contributed by atoms with van der Waals surface area (Å²) < 4.78 is 61.1. The number of carbonyl (C=O) groups excluding carboxylic acids is 1. The number of carbonyl (C=O) groups is 1. The van der Waals surface area contributed by atoms with E-state index in [1.165, 1.54) is 19.2 Å². The fourth-order valence-corrected chi connectivity index (χ4v) is 2.78. The van der Waals surface area contributed by atoms with E-state index in [1.54, 1.807) is 0 Å². The van der Waals surface area contributed by atoms with Gasteiger partial charge in [-0.1, -0.05) is 6.07 Å². The molecule has 0 atom stereocenters. The molecular formula is C19H12F4N6O3. The number of rotatable bonds is 5. The Bertz CT molecular complexity index is 1340. The number of hydrogen-bond acceptors (Lipinski definition) is 6. The molecule has 0 unspecified atom stereocenters. The van der Waals surface area contributed by atoms with Crippen molar-refractivity contribution in [2.45, 2.75) is 6.43 Å². The van der Waals surface area contributed by atoms with Gasteiger partial charge in [0.15, 0.2) is 11.5 Å². The molecule has 0 aliphatic heterocycles. The van der Waals surface area contributed by atoms with Gasteiger partial charge in [0, 0.05) is 7.05 Å². The van der Waals surface area contributed by atoms with E-state index in [0.717, 1.165) is 39.8 Å². The maximum absolute atomic E-state index is 13.7. The summed E-state index contributed by atoms with van der Waals surface area (Å²) in [7, 11) is 1.32. The van der Waals surface area contributed by atoms with E-state index >= 15 is 0 Å². The normalized spacial score (nSPS) is 11.2. The zero-order chi connectivity index (χ0) is 23.0. The second kappa shape index (κ2) is 8.09. The molecule has 1 aromatic carbocycles. The lowest BCUT2D eigenvalue weighted by Crippen LogP contribution is -2.16. The van der Waals surface area contributed by atoms with Crippen LogP contribution in [0.1, 0.15) is 22.5 Å². The molecule has 0 saturated carbocycles. The minimum atomic E-state index is -2.95. The van der Waals surface area contributed by atoms with Crippen LogP contribution in [0, 0.1) is 11.6 Å². The Morgan fingerprint density at radius 2 is 1.84 bits per heavy atom. The lowest BCUT2D eigenvalue weighted by molar-refractivity contribution is 0.101. The number of alkyl halides is 2. The predicted octanol–water partition coefficient (Wildman–Crippen LogP) is 3.09. The van der Waals surface area contributed by atoms with Crippen molar-refractivity contribution in [1.29, 1.82) is 0 Å². The van der Waals surface area contributed by atoms with Gasteiger partial charge in [-0.2, -0.15) is 9.78 Å². The number of halogens is 4. The first-order chi connectivity index (χ1) is 15.2. The summed E-state index contributed by atoms with van der Waals surface area (Å²) in [6.45, 7) is 0. The zero-order valence-electron chi connectivity index (χ0n) is 16.1. The van der Waals surface area contributed by atoms with Crippen LogP contribution in [0.3, 0.4) is 0 Å². The van der Waals surface area contributed by atoms with Gasteiger partial charge < -0.3 is 9.73 Å². The predicted molar refractivity (Wildman–Crippen MR) is 101 cm³/mol. The van der Waals surface area contributed by atoms with E-state index in [2.05, 4.69) is 20.5 Å². The highest BCUT2D eigenvalue weighted by molar-refractivity contribution is 6.04. The zero-order valence-corrected chi connectivity index (χ0v) is 16.1. The molecule has 164 valence electrons. The SMILES string of the molecule is Cn1nc(-c2cc(C(F)F)n(-c3ccc(NC(=O)c4c(F)cccc4F)cn3)n2)oc1=O. The molecular weight excluding hydrogens is 436 g/mol. The molecule has 13 heteroatoms. The molecule has 0 aliphatic carbocycles. The first-order valence-electron chi connectivity index (χ1n) is 8.89. The molecule has 0 radical (unpaired) electrons. The monoisotopic (exact) mass is 448 g/mol. The molecule has 0 fully saturated rings. The molecule has 3 aromatic heterocycles. The number of benzene rings is 1. The van der Waals surface area contributed by atoms with Gasteiger partial charge in [0.1, 0.15) is 22.9 Å². The van der Waals surface area contributed by atoms with Gasteiger partial charge in [-0.05, 0) is 30.3 Å². The van der Waals surface area contributed by atoms with Crippen LogP contribution in [-0.2, 0) is 7.05 Å². The van der Waals surface area contributed by atoms with Gasteiger partial charge in [0.05, 0.1) is 11.9 Å². The number of aromatic nitrogens is 5. The Kier molecular flexibility index (Phi) is 5.30. The van der Waals surface area contributed by atoms with E-state index in [4.69, 9.17) is 4.42 Å². The van der Waals surface area contributed by atoms with Crippen LogP contribution >= 0.6 is 0 Å². The van der Waals surface area contributed by atoms with Crippen LogP contribution in [0.25, 0.3) is 17.4 Å². The summed E-state index contributed by atoms with van der Waals surface area (Å²) in [6.07, 6.45) is -1.85. The van der Waals surface area contributed by atoms with Crippen molar-refractivity contribution in [3.63, 3.8) is 0 Å². The third kappa shape index (κ3) is 3.87. The van der Waals surface area contributed by atoms with Crippen LogP contribution in [0.15, 0.2) is 51.8 Å². The average Bonchev–Trinajstić information content (AvgIpc) is 3.32. The quantitative estimate of drug-likeness (QED) is 0.470. The fraction of sp³-hybridized carbons (Fsp3) is 0.105. The minimum Gasteiger partial charge on any atom is -0.386 e. The largest absolute Gasteiger partial charge is 0.437 e. The molecule has 0 aliphatic rings. The summed E-state index contributed by atoms with van der Waals surface area (Å²) in [4.78, 5) is 27.6. The van der Waals surface area contributed by atoms with Crippen LogP contribution in [0.4, 0.5) is 23.2 Å². The molecule has 0 saturated heterocycles. The van der Waals surface area contributed by atoms with Gasteiger partial charge >= 0.3 is 5.76 Å². The van der Waals surface area contributed by atoms with E-state index < -0.39 is 41.0 Å². The van der Waals surface area contributed by atoms with Crippen LogP contribution < -0.4 is 11.1 Å². The summed E-state index contributed by atoms with van der Waals surface area (Å²) in [5.41, 5.74) is -1.38. The van der Waals surface area contributed by atoms with Gasteiger partial charge in [-0.15, -0.1) is 5.10 Å². The summed E-state index contributed by atoms with van der Waals surface area (Å²) in [6, 6.07) is 6.52. The van der Waals surface area contributed by atoms with E-state index in [9.17, 15) is 27.2 Å². The van der Waals surface area contributed by atoms with Crippen molar-refractivity contribution in [2.75, 3.05) is 5.32 Å². The highest BCUT2D eigenvalue weighted by Crippen LogP contribution is 2.26. The third-order valence-corrected chi connectivity index (χ3v) is 4.28. The summed E-state index contributed by atoms with van der Waals surface area (Å²) >= 11 is 0. The maximum atomic E-state index is 13.7. The molecule has 0 spiro atoms. The number of aryl methyl sites for hydroxylation is 1. The molecule has 1 amide bonds. The average molecular weight is 448 g/mol. The summed E-state index contributed by atoms with van der Waals surface area (Å²) in [5.74, 6) is -4.24. The van der Waals surface area contributed by atoms with E-state index in [0.29, 0.717) is 0 Å². The third-order valence-electron chi connectivity index (χ3n) is 4.28. The highest BCUT2D eigenvalue weighted by Gasteiger charge is 2.22. The number of pyridine rings is 1. The molecule has 0 bridgehead atoms. The molecule has 4 aromatic rings. The van der Waals surface area contributed by atoms with Crippen molar-refractivity contribution in [2.24, 2.45) is 7.05 Å². The van der Waals surface area contributed by atoms with Crippen molar-refractivity contribution in [3.05, 3.63) is 76.0 Å². The van der Waals surface area contributed by atoms with Crippen molar-refractivity contribution in [3.8, 4) is 17.4 Å². The molecule has 4 rings (SSSR count). The second-order valence-electron chi connectivity index (χ2n) is 6.42. The number of amides is 1. The Morgan fingerprint density at radius 3 is 2.41 bits per heavy atom. The summed E-state index contributed by atoms with van der Waals surface area (Å²) in [5, 5.41) is 10.0. The maximum Gasteiger partial charge on any atom is 0.437 e. The van der Waals surface area contributed by atoms with Crippen molar-refractivity contribution in [1.82, 2.24) is 24.5 Å². The van der Waals surface area contributed by atoms with Gasteiger partial charge in [-0.25, -0.2) is 32.0 Å². The van der Waals surface area contributed by atoms with Crippen LogP contribution in [0.2, 0.25) is 0 Å². The number of hydrogen-bond donors (Lipinski definition) is 1. The van der Waals surface area contributed by atoms with Gasteiger partial charge in [0.2, 0.25) is 0 Å². The first kappa shape index (κ1) is 21.0. The Morgan fingerprint density at radius 1 is 1.12 bits per heavy atom. The molecule has 1 N–H and O–H groups in total. The topological polar surface area (TPSA) is 108 Å². The minimum absolute atomic E-state index is 0.0556. The first-order valence-corrected chi connectivity index (χ1v) is 8.89. The van der Waals surface area contributed by atoms with E-state index in [-0.39, 0.29) is 23.1 Å². The Balaban J connectivity index is 1.62. The number of nitrogens with one attached hydrogen (secondary N) is 1. The molecule has 32 heavy (non-hydrogen) atoms. The fourth-order valence-electron chi connectivity index (χ4n) is 2.78. The standard InChI is InChI=1S/C19H12F4N6O3/c1-28-19(31)32-18(27-28)12-7-13(16(22)23)29(26-12)14-6-5-9(8-24-14)25-17(30)15-10(20)3-2-4-11(15)21/h2-8,16H,1H3,(H,25,30). The van der Waals surface area contributed by atoms with E-state index in [1.807, 2.05) is 0 Å². The highest BCUT2D eigenvalue weighted by atomic mass is 19.3. The molecule has 3 heterocycles. The Hall–Kier alpha value is -4.29. The number of anilines is 1. The van der Waals surface area contributed by atoms with Crippen LogP contribution in [-0.4, -0.2) is 30.5 Å². The van der Waals surface area contributed by atoms with Gasteiger partial charge in [0.25, 0.3) is 18.2 Å². The van der Waals surface area contributed by atoms with Gasteiger partial charge in [-0.3, -0.25) is 4.79 Å². The lowest BCUT2D eigenvalue weighted by Gasteiger charge is -2.09. The smallest absolute Gasteiger partial charge is 0.386 e.